The molecule has 0 aliphatic carbocycles. The van der Waals surface area contributed by atoms with Gasteiger partial charge in [-0.25, -0.2) is 0 Å². The summed E-state index contributed by atoms with van der Waals surface area (Å²) in [5.74, 6) is 0.662. The van der Waals surface area contributed by atoms with E-state index in [4.69, 9.17) is 19.9 Å². The Labute approximate surface area is 187 Å². The molecule has 0 saturated carbocycles. The Morgan fingerprint density at radius 1 is 1.32 bits per heavy atom. The molecule has 2 aromatic carbocycles. The van der Waals surface area contributed by atoms with Crippen molar-refractivity contribution in [3.05, 3.63) is 63.5 Å². The third kappa shape index (κ3) is 3.55. The summed E-state index contributed by atoms with van der Waals surface area (Å²) in [6.07, 6.45) is 0. The highest BCUT2D eigenvalue weighted by atomic mass is 79.9. The molecule has 0 amide bonds. The van der Waals surface area contributed by atoms with Gasteiger partial charge < -0.3 is 25.1 Å². The predicted molar refractivity (Wildman–Crippen MR) is 117 cm³/mol. The van der Waals surface area contributed by atoms with Crippen LogP contribution in [0.25, 0.3) is 11.3 Å². The molecule has 0 radical (unpaired) electrons. The summed E-state index contributed by atoms with van der Waals surface area (Å²) in [7, 11) is 1.46. The van der Waals surface area contributed by atoms with Crippen molar-refractivity contribution in [2.75, 3.05) is 13.7 Å². The van der Waals surface area contributed by atoms with Crippen LogP contribution in [-0.2, 0) is 0 Å². The Balaban J connectivity index is 1.90. The van der Waals surface area contributed by atoms with Gasteiger partial charge in [0.1, 0.15) is 17.4 Å². The van der Waals surface area contributed by atoms with Crippen molar-refractivity contribution in [2.45, 2.75) is 12.8 Å². The zero-order valence-electron chi connectivity index (χ0n) is 16.8. The zero-order chi connectivity index (χ0) is 22.1. The maximum absolute atomic E-state index is 10.2. The van der Waals surface area contributed by atoms with Crippen molar-refractivity contribution in [3.8, 4) is 40.5 Å². The van der Waals surface area contributed by atoms with E-state index in [2.05, 4.69) is 32.2 Å². The third-order valence-corrected chi connectivity index (χ3v) is 5.60. The summed E-state index contributed by atoms with van der Waals surface area (Å²) in [4.78, 5) is 0. The Kier molecular flexibility index (Phi) is 5.48. The van der Waals surface area contributed by atoms with Crippen LogP contribution in [0.5, 0.6) is 23.1 Å². The summed E-state index contributed by atoms with van der Waals surface area (Å²) in [6, 6.07) is 13.1. The number of H-pyrrole nitrogens is 1. The molecular formula is C22H19BrN4O4. The van der Waals surface area contributed by atoms with Crippen molar-refractivity contribution >= 4 is 15.9 Å². The number of fused-ring (bicyclic) bond motifs is 1. The second kappa shape index (κ2) is 8.24. The minimum absolute atomic E-state index is 0.0205. The van der Waals surface area contributed by atoms with Crippen LogP contribution >= 0.6 is 15.9 Å². The Morgan fingerprint density at radius 2 is 2.06 bits per heavy atom. The van der Waals surface area contributed by atoms with Gasteiger partial charge in [0.15, 0.2) is 11.5 Å². The first kappa shape index (κ1) is 20.6. The number of nitriles is 1. The molecule has 8 nitrogen and oxygen atoms in total. The van der Waals surface area contributed by atoms with Gasteiger partial charge in [0.05, 0.1) is 35.4 Å². The number of aromatic amines is 1. The van der Waals surface area contributed by atoms with Crippen LogP contribution in [-0.4, -0.2) is 29.0 Å². The predicted octanol–water partition coefficient (Wildman–Crippen LogP) is 4.17. The van der Waals surface area contributed by atoms with Crippen molar-refractivity contribution < 1.29 is 19.3 Å². The van der Waals surface area contributed by atoms with Gasteiger partial charge in [-0.2, -0.15) is 5.26 Å². The molecule has 0 fully saturated rings. The van der Waals surface area contributed by atoms with E-state index < -0.39 is 5.92 Å². The van der Waals surface area contributed by atoms with Crippen LogP contribution < -0.4 is 19.9 Å². The smallest absolute Gasteiger partial charge is 0.244 e. The van der Waals surface area contributed by atoms with Crippen molar-refractivity contribution in [1.82, 2.24) is 10.2 Å². The minimum Gasteiger partial charge on any atom is -0.503 e. The zero-order valence-corrected chi connectivity index (χ0v) is 18.4. The first-order valence-corrected chi connectivity index (χ1v) is 10.2. The quantitative estimate of drug-likeness (QED) is 0.497. The monoisotopic (exact) mass is 482 g/mol. The summed E-state index contributed by atoms with van der Waals surface area (Å²) in [6.45, 7) is 2.49. The first-order chi connectivity index (χ1) is 15.0. The number of rotatable bonds is 5. The number of phenolic OH excluding ortho intramolecular Hbond substituents is 1. The van der Waals surface area contributed by atoms with E-state index in [1.165, 1.54) is 7.11 Å². The number of nitrogens with one attached hydrogen (secondary N) is 1. The van der Waals surface area contributed by atoms with Crippen LogP contribution in [0.4, 0.5) is 0 Å². The summed E-state index contributed by atoms with van der Waals surface area (Å²) in [5.41, 5.74) is 9.15. The number of ether oxygens (including phenoxy) is 3. The van der Waals surface area contributed by atoms with Gasteiger partial charge in [-0.05, 0) is 64.8 Å². The van der Waals surface area contributed by atoms with Crippen LogP contribution in [0, 0.1) is 11.3 Å². The van der Waals surface area contributed by atoms with Gasteiger partial charge in [-0.1, -0.05) is 0 Å². The van der Waals surface area contributed by atoms with E-state index in [0.717, 1.165) is 11.3 Å². The van der Waals surface area contributed by atoms with Gasteiger partial charge in [0.25, 0.3) is 0 Å². The number of aromatic nitrogens is 2. The molecule has 9 heteroatoms. The number of nitrogens with two attached hydrogens (primary N) is 1. The fourth-order valence-corrected chi connectivity index (χ4v) is 4.06. The van der Waals surface area contributed by atoms with E-state index in [0.29, 0.717) is 27.9 Å². The molecule has 0 bridgehead atoms. The molecule has 2 heterocycles. The molecule has 1 aromatic heterocycles. The van der Waals surface area contributed by atoms with Gasteiger partial charge in [-0.15, -0.1) is 5.10 Å². The first-order valence-electron chi connectivity index (χ1n) is 9.43. The highest BCUT2D eigenvalue weighted by molar-refractivity contribution is 9.10. The van der Waals surface area contributed by atoms with E-state index in [-0.39, 0.29) is 28.8 Å². The van der Waals surface area contributed by atoms with Gasteiger partial charge in [0, 0.05) is 5.56 Å². The number of hydrogen-bond donors (Lipinski definition) is 3. The number of aromatic hydroxyl groups is 1. The average molecular weight is 483 g/mol. The number of nitrogens with zero attached hydrogens (tertiary/aromatic N) is 2. The molecule has 0 spiro atoms. The normalized spacial score (nSPS) is 15.1. The summed E-state index contributed by atoms with van der Waals surface area (Å²) >= 11 is 3.35. The lowest BCUT2D eigenvalue weighted by Crippen LogP contribution is -2.21. The number of phenols is 1. The maximum Gasteiger partial charge on any atom is 0.244 e. The molecular weight excluding hydrogens is 464 g/mol. The molecule has 31 heavy (non-hydrogen) atoms. The molecule has 3 aromatic rings. The van der Waals surface area contributed by atoms with Crippen LogP contribution in [0.3, 0.4) is 0 Å². The lowest BCUT2D eigenvalue weighted by atomic mass is 9.83. The Morgan fingerprint density at radius 3 is 2.71 bits per heavy atom. The molecule has 4 rings (SSSR count). The SMILES string of the molecule is CCOc1ccc(-c2[nH]nc3c2C(c2cc(Br)c(O)c(OC)c2)C(C#N)=C(N)O3)cc1. The number of hydrogen-bond acceptors (Lipinski definition) is 7. The standard InChI is InChI=1S/C22H19BrN4O4/c1-3-30-13-6-4-11(5-7-13)19-18-17(12-8-15(23)20(28)16(9-12)29-2)14(10-24)21(25)31-22(18)27-26-19/h4-9,17,28H,3,25H2,1-2H3,(H,26,27). The minimum atomic E-state index is -0.583. The van der Waals surface area contributed by atoms with Crippen molar-refractivity contribution in [3.63, 3.8) is 0 Å². The molecule has 0 saturated heterocycles. The van der Waals surface area contributed by atoms with E-state index >= 15 is 0 Å². The van der Waals surface area contributed by atoms with E-state index in [9.17, 15) is 10.4 Å². The van der Waals surface area contributed by atoms with Crippen LogP contribution in [0.2, 0.25) is 0 Å². The number of allylic oxidation sites excluding steroid dienone is 1. The summed E-state index contributed by atoms with van der Waals surface area (Å²) in [5, 5.41) is 27.4. The van der Waals surface area contributed by atoms with Crippen LogP contribution in [0.1, 0.15) is 24.0 Å². The molecule has 1 aliphatic heterocycles. The van der Waals surface area contributed by atoms with E-state index in [1.807, 2.05) is 31.2 Å². The van der Waals surface area contributed by atoms with Crippen molar-refractivity contribution in [1.29, 1.82) is 5.26 Å². The Bertz CT molecular complexity index is 1210. The van der Waals surface area contributed by atoms with Gasteiger partial charge in [-0.3, -0.25) is 5.10 Å². The Hall–Kier alpha value is -3.64. The fraction of sp³-hybridized carbons (Fsp3) is 0.182. The van der Waals surface area contributed by atoms with Gasteiger partial charge >= 0.3 is 0 Å². The molecule has 1 unspecified atom stereocenters. The number of halogens is 1. The molecule has 158 valence electrons. The molecule has 1 atom stereocenters. The molecule has 1 aliphatic rings. The second-order valence-corrected chi connectivity index (χ2v) is 7.61. The van der Waals surface area contributed by atoms with Crippen molar-refractivity contribution in [2.24, 2.45) is 5.73 Å². The topological polar surface area (TPSA) is 126 Å². The number of methoxy groups -OCH3 is 1. The highest BCUT2D eigenvalue weighted by Gasteiger charge is 2.36. The van der Waals surface area contributed by atoms with Crippen LogP contribution in [0.15, 0.2) is 52.3 Å². The highest BCUT2D eigenvalue weighted by Crippen LogP contribution is 2.48. The van der Waals surface area contributed by atoms with E-state index in [1.54, 1.807) is 12.1 Å². The lowest BCUT2D eigenvalue weighted by molar-refractivity contribution is 0.340. The second-order valence-electron chi connectivity index (χ2n) is 6.75. The maximum atomic E-state index is 10.2. The summed E-state index contributed by atoms with van der Waals surface area (Å²) < 4.78 is 16.9. The molecule has 4 N–H and O–H groups in total. The fourth-order valence-electron chi connectivity index (χ4n) is 3.60. The third-order valence-electron chi connectivity index (χ3n) is 5.00. The largest absolute Gasteiger partial charge is 0.503 e. The lowest BCUT2D eigenvalue weighted by Gasteiger charge is -2.25. The average Bonchev–Trinajstić information content (AvgIpc) is 3.18. The van der Waals surface area contributed by atoms with Gasteiger partial charge in [0.2, 0.25) is 11.8 Å². The number of benzene rings is 2.